The molecule has 0 aromatic carbocycles. The first-order valence-corrected chi connectivity index (χ1v) is 9.21. The molecule has 2 heterocycles. The van der Waals surface area contributed by atoms with Crippen molar-refractivity contribution in [1.29, 1.82) is 0 Å². The Balaban J connectivity index is 2.59. The summed E-state index contributed by atoms with van der Waals surface area (Å²) in [7, 11) is 0. The third-order valence-electron chi connectivity index (χ3n) is 3.69. The summed E-state index contributed by atoms with van der Waals surface area (Å²) in [6.07, 6.45) is -4.47. The fraction of sp³-hybridized carbons (Fsp3) is 0.500. The molecular weight excluding hydrogens is 390 g/mol. The number of aromatic nitrogens is 2. The second kappa shape index (κ2) is 9.04. The van der Waals surface area contributed by atoms with Crippen LogP contribution in [0, 0.1) is 5.82 Å². The van der Waals surface area contributed by atoms with Crippen LogP contribution in [0.2, 0.25) is 0 Å². The van der Waals surface area contributed by atoms with Crippen molar-refractivity contribution in [2.75, 3.05) is 18.5 Å². The number of ether oxygens (including phenoxy) is 2. The molecule has 0 saturated carbocycles. The van der Waals surface area contributed by atoms with E-state index in [9.17, 15) is 13.2 Å². The molecule has 0 aliphatic rings. The Morgan fingerprint density at radius 1 is 1.07 bits per heavy atom. The molecule has 0 bridgehead atoms. The van der Waals surface area contributed by atoms with E-state index < -0.39 is 29.5 Å². The summed E-state index contributed by atoms with van der Waals surface area (Å²) in [5.74, 6) is -0.697. The van der Waals surface area contributed by atoms with Gasteiger partial charge in [-0.1, -0.05) is 0 Å². The maximum Gasteiger partial charge on any atom is 0.433 e. The van der Waals surface area contributed by atoms with E-state index >= 15 is 4.39 Å². The summed E-state index contributed by atoms with van der Waals surface area (Å²) in [6, 6.07) is 3.42. The molecule has 29 heavy (non-hydrogen) atoms. The van der Waals surface area contributed by atoms with Gasteiger partial charge in [0.1, 0.15) is 11.4 Å². The molecule has 0 fully saturated rings. The summed E-state index contributed by atoms with van der Waals surface area (Å²) in [4.78, 5) is 7.68. The minimum absolute atomic E-state index is 0.112. The van der Waals surface area contributed by atoms with Crippen LogP contribution < -0.4 is 5.32 Å². The van der Waals surface area contributed by atoms with Gasteiger partial charge in [0.15, 0.2) is 5.82 Å². The van der Waals surface area contributed by atoms with Gasteiger partial charge >= 0.3 is 6.18 Å². The average Bonchev–Trinajstić information content (AvgIpc) is 2.61. The number of hydrogen-bond acceptors (Lipinski definition) is 5. The van der Waals surface area contributed by atoms with Crippen LogP contribution in [-0.4, -0.2) is 28.7 Å². The van der Waals surface area contributed by atoms with Gasteiger partial charge in [-0.25, -0.2) is 9.37 Å². The number of nitrogens with one attached hydrogen (secondary N) is 1. The number of hydrogen-bond donors (Lipinski definition) is 1. The van der Waals surface area contributed by atoms with E-state index in [1.165, 1.54) is 6.07 Å². The van der Waals surface area contributed by atoms with Crippen LogP contribution in [0.1, 0.15) is 52.3 Å². The van der Waals surface area contributed by atoms with Crippen LogP contribution in [0.5, 0.6) is 0 Å². The fourth-order valence-corrected chi connectivity index (χ4v) is 2.58. The van der Waals surface area contributed by atoms with Gasteiger partial charge in [0, 0.05) is 30.5 Å². The molecule has 0 atom stereocenters. The van der Waals surface area contributed by atoms with Crippen LogP contribution in [0.3, 0.4) is 0 Å². The molecule has 1 N–H and O–H groups in total. The van der Waals surface area contributed by atoms with E-state index in [1.807, 2.05) is 20.8 Å². The monoisotopic (exact) mass is 415 g/mol. The Hall–Kier alpha value is -2.26. The highest BCUT2D eigenvalue weighted by Gasteiger charge is 2.32. The van der Waals surface area contributed by atoms with Crippen molar-refractivity contribution in [3.8, 4) is 11.3 Å². The first-order valence-electron chi connectivity index (χ1n) is 9.21. The number of anilines is 1. The van der Waals surface area contributed by atoms with Crippen molar-refractivity contribution in [3.63, 3.8) is 0 Å². The number of rotatable bonds is 7. The molecule has 0 aliphatic heterocycles. The van der Waals surface area contributed by atoms with Crippen LogP contribution in [0.4, 0.5) is 23.2 Å². The number of pyridine rings is 2. The van der Waals surface area contributed by atoms with Gasteiger partial charge in [0.2, 0.25) is 6.29 Å². The molecule has 9 heteroatoms. The number of halogens is 4. The highest BCUT2D eigenvalue weighted by molar-refractivity contribution is 5.66. The molecule has 2 aromatic rings. The third kappa shape index (κ3) is 6.11. The van der Waals surface area contributed by atoms with Crippen molar-refractivity contribution in [2.45, 2.75) is 52.6 Å². The van der Waals surface area contributed by atoms with E-state index in [0.29, 0.717) is 18.9 Å². The van der Waals surface area contributed by atoms with Gasteiger partial charge in [-0.05, 0) is 52.8 Å². The van der Waals surface area contributed by atoms with Gasteiger partial charge < -0.3 is 14.8 Å². The summed E-state index contributed by atoms with van der Waals surface area (Å²) in [5.41, 5.74) is -1.12. The van der Waals surface area contributed by atoms with Gasteiger partial charge in [0.25, 0.3) is 0 Å². The van der Waals surface area contributed by atoms with E-state index in [2.05, 4.69) is 15.3 Å². The largest absolute Gasteiger partial charge is 0.433 e. The summed E-state index contributed by atoms with van der Waals surface area (Å²) < 4.78 is 64.7. The molecule has 2 aromatic heterocycles. The zero-order chi connectivity index (χ0) is 21.8. The lowest BCUT2D eigenvalue weighted by molar-refractivity contribution is -0.142. The topological polar surface area (TPSA) is 56.3 Å². The summed E-state index contributed by atoms with van der Waals surface area (Å²) >= 11 is 0. The number of alkyl halides is 3. The quantitative estimate of drug-likeness (QED) is 0.472. The Kier molecular flexibility index (Phi) is 7.18. The predicted octanol–water partition coefficient (Wildman–Crippen LogP) is 5.58. The molecule has 0 spiro atoms. The maximum atomic E-state index is 15.2. The second-order valence-electron chi connectivity index (χ2n) is 7.30. The van der Waals surface area contributed by atoms with Gasteiger partial charge in [-0.15, -0.1) is 0 Å². The van der Waals surface area contributed by atoms with Crippen LogP contribution in [0.15, 0.2) is 24.4 Å². The molecule has 0 unspecified atom stereocenters. The smallest absolute Gasteiger partial charge is 0.378 e. The molecule has 160 valence electrons. The lowest BCUT2D eigenvalue weighted by Gasteiger charge is -2.25. The molecule has 2 rings (SSSR count). The van der Waals surface area contributed by atoms with E-state index in [-0.39, 0.29) is 16.9 Å². The van der Waals surface area contributed by atoms with Gasteiger partial charge in [-0.2, -0.15) is 13.2 Å². The second-order valence-corrected chi connectivity index (χ2v) is 7.30. The lowest BCUT2D eigenvalue weighted by Crippen LogP contribution is -2.27. The van der Waals surface area contributed by atoms with Crippen LogP contribution in [-0.2, 0) is 15.7 Å². The van der Waals surface area contributed by atoms with Crippen LogP contribution in [0.25, 0.3) is 11.3 Å². The zero-order valence-electron chi connectivity index (χ0n) is 17.0. The van der Waals surface area contributed by atoms with E-state index in [1.54, 1.807) is 13.8 Å². The highest BCUT2D eigenvalue weighted by atomic mass is 19.4. The average molecular weight is 415 g/mol. The van der Waals surface area contributed by atoms with Crippen molar-refractivity contribution >= 4 is 5.69 Å². The van der Waals surface area contributed by atoms with Crippen molar-refractivity contribution < 1.29 is 27.0 Å². The number of nitrogens with zero attached hydrogens (tertiary/aromatic N) is 2. The first kappa shape index (κ1) is 23.0. The van der Waals surface area contributed by atoms with Crippen LogP contribution >= 0.6 is 0 Å². The molecule has 0 amide bonds. The van der Waals surface area contributed by atoms with Gasteiger partial charge in [0.05, 0.1) is 11.4 Å². The molecule has 0 saturated heterocycles. The SMILES string of the molecule is CCOC(OCC)c1cc(NC(C)(C)C)c(F)c(-c2ccc(C(F)(F)F)nc2)n1. The Morgan fingerprint density at radius 3 is 2.14 bits per heavy atom. The molecule has 0 radical (unpaired) electrons. The van der Waals surface area contributed by atoms with E-state index in [0.717, 1.165) is 18.3 Å². The summed E-state index contributed by atoms with van der Waals surface area (Å²) in [6.45, 7) is 9.80. The summed E-state index contributed by atoms with van der Waals surface area (Å²) in [5, 5.41) is 3.05. The zero-order valence-corrected chi connectivity index (χ0v) is 17.0. The Morgan fingerprint density at radius 2 is 1.69 bits per heavy atom. The minimum atomic E-state index is -4.58. The highest BCUT2D eigenvalue weighted by Crippen LogP contribution is 2.33. The first-order chi connectivity index (χ1) is 13.5. The van der Waals surface area contributed by atoms with Crippen molar-refractivity contribution in [1.82, 2.24) is 9.97 Å². The standard InChI is InChI=1S/C20H25F4N3O2/c1-6-28-18(29-7-2)14-10-13(27-19(3,4)5)16(21)17(26-14)12-8-9-15(25-11-12)20(22,23)24/h8-11,18H,6-7H2,1-5H3,(H,26,27). The Bertz CT molecular complexity index is 812. The predicted molar refractivity (Wildman–Crippen MR) is 102 cm³/mol. The lowest BCUT2D eigenvalue weighted by atomic mass is 10.1. The fourth-order valence-electron chi connectivity index (χ4n) is 2.58. The van der Waals surface area contributed by atoms with Crippen molar-refractivity contribution in [3.05, 3.63) is 41.6 Å². The van der Waals surface area contributed by atoms with Crippen molar-refractivity contribution in [2.24, 2.45) is 0 Å². The Labute approximate surface area is 167 Å². The van der Waals surface area contributed by atoms with Gasteiger partial charge in [-0.3, -0.25) is 4.98 Å². The normalized spacial score (nSPS) is 12.5. The molecular formula is C20H25F4N3O2. The van der Waals surface area contributed by atoms with E-state index in [4.69, 9.17) is 9.47 Å². The molecule has 0 aliphatic carbocycles. The molecule has 5 nitrogen and oxygen atoms in total. The minimum Gasteiger partial charge on any atom is -0.378 e. The third-order valence-corrected chi connectivity index (χ3v) is 3.69. The maximum absolute atomic E-state index is 15.2.